The summed E-state index contributed by atoms with van der Waals surface area (Å²) in [5.41, 5.74) is 2.66. The molecular weight excluding hydrogens is 358 g/mol. The van der Waals surface area contributed by atoms with Gasteiger partial charge in [-0.05, 0) is 49.2 Å². The third-order valence-corrected chi connectivity index (χ3v) is 5.48. The van der Waals surface area contributed by atoms with Crippen LogP contribution in [0.3, 0.4) is 0 Å². The molecule has 0 spiro atoms. The zero-order valence-corrected chi connectivity index (χ0v) is 17.7. The molecular formula is C24H37N5. The maximum Gasteiger partial charge on any atom is 0.126 e. The molecule has 3 rings (SSSR count). The predicted octanol–water partition coefficient (Wildman–Crippen LogP) is 3.64. The lowest BCUT2D eigenvalue weighted by Gasteiger charge is -2.23. The highest BCUT2D eigenvalue weighted by Crippen LogP contribution is 2.10. The minimum Gasteiger partial charge on any atom is -0.366 e. The second-order valence-corrected chi connectivity index (χ2v) is 7.93. The van der Waals surface area contributed by atoms with Crippen molar-refractivity contribution in [2.45, 2.75) is 45.2 Å². The number of aromatic nitrogens is 1. The van der Waals surface area contributed by atoms with Crippen molar-refractivity contribution < 1.29 is 0 Å². The van der Waals surface area contributed by atoms with Crippen LogP contribution in [0.2, 0.25) is 0 Å². The van der Waals surface area contributed by atoms with Crippen LogP contribution in [0.15, 0.2) is 48.7 Å². The fraction of sp³-hybridized carbons (Fsp3) is 0.542. The maximum atomic E-state index is 4.31. The molecule has 0 aliphatic carbocycles. The Labute approximate surface area is 176 Å². The standard InChI is InChI=1S/C24H37N5/c1-2-5-13-25-16-18-29(19-17-26-14-6-3-1)21-23-11-9-22(10-12-23)20-28-24-8-4-7-15-27-24/h4,7-12,15,25-26H,1-3,5-6,13-14,16-21H2,(H,27,28). The molecule has 0 bridgehead atoms. The summed E-state index contributed by atoms with van der Waals surface area (Å²) in [7, 11) is 0. The van der Waals surface area contributed by atoms with Crippen LogP contribution in [0.1, 0.15) is 43.2 Å². The molecule has 5 nitrogen and oxygen atoms in total. The molecule has 1 aliphatic rings. The fourth-order valence-corrected chi connectivity index (χ4v) is 3.71. The number of hydrogen-bond acceptors (Lipinski definition) is 5. The minimum absolute atomic E-state index is 0.800. The van der Waals surface area contributed by atoms with Crippen molar-refractivity contribution in [2.75, 3.05) is 44.6 Å². The molecule has 2 heterocycles. The van der Waals surface area contributed by atoms with Crippen molar-refractivity contribution in [3.8, 4) is 0 Å². The van der Waals surface area contributed by atoms with E-state index >= 15 is 0 Å². The second-order valence-electron chi connectivity index (χ2n) is 7.93. The average molecular weight is 396 g/mol. The Balaban J connectivity index is 1.46. The largest absolute Gasteiger partial charge is 0.366 e. The molecule has 158 valence electrons. The van der Waals surface area contributed by atoms with Gasteiger partial charge in [0.2, 0.25) is 0 Å². The number of anilines is 1. The van der Waals surface area contributed by atoms with E-state index in [2.05, 4.69) is 50.1 Å². The van der Waals surface area contributed by atoms with Gasteiger partial charge in [0.15, 0.2) is 0 Å². The van der Waals surface area contributed by atoms with E-state index < -0.39 is 0 Å². The van der Waals surface area contributed by atoms with E-state index in [0.29, 0.717) is 0 Å². The van der Waals surface area contributed by atoms with Crippen LogP contribution in [0, 0.1) is 0 Å². The van der Waals surface area contributed by atoms with Crippen LogP contribution in [-0.4, -0.2) is 49.2 Å². The highest BCUT2D eigenvalue weighted by molar-refractivity contribution is 5.35. The Morgan fingerprint density at radius 2 is 1.41 bits per heavy atom. The van der Waals surface area contributed by atoms with Crippen LogP contribution >= 0.6 is 0 Å². The second kappa shape index (κ2) is 13.3. The van der Waals surface area contributed by atoms with E-state index in [0.717, 1.165) is 58.2 Å². The Hall–Kier alpha value is -1.95. The molecule has 1 fully saturated rings. The van der Waals surface area contributed by atoms with Crippen molar-refractivity contribution in [2.24, 2.45) is 0 Å². The summed E-state index contributed by atoms with van der Waals surface area (Å²) in [4.78, 5) is 6.88. The third-order valence-electron chi connectivity index (χ3n) is 5.48. The summed E-state index contributed by atoms with van der Waals surface area (Å²) < 4.78 is 0. The summed E-state index contributed by atoms with van der Waals surface area (Å²) in [5, 5.41) is 10.6. The third kappa shape index (κ3) is 8.94. The first-order valence-electron chi connectivity index (χ1n) is 11.3. The highest BCUT2D eigenvalue weighted by atomic mass is 15.1. The number of hydrogen-bond donors (Lipinski definition) is 3. The maximum absolute atomic E-state index is 4.31. The zero-order valence-electron chi connectivity index (χ0n) is 17.7. The lowest BCUT2D eigenvalue weighted by atomic mass is 10.1. The molecule has 1 aromatic carbocycles. The number of pyridine rings is 1. The quantitative estimate of drug-likeness (QED) is 0.722. The van der Waals surface area contributed by atoms with Crippen LogP contribution in [0.25, 0.3) is 0 Å². The number of rotatable bonds is 5. The monoisotopic (exact) mass is 395 g/mol. The summed E-state index contributed by atoms with van der Waals surface area (Å²) in [5.74, 6) is 0.919. The van der Waals surface area contributed by atoms with Crippen LogP contribution in [-0.2, 0) is 13.1 Å². The molecule has 0 unspecified atom stereocenters. The van der Waals surface area contributed by atoms with E-state index in [-0.39, 0.29) is 0 Å². The van der Waals surface area contributed by atoms with Gasteiger partial charge >= 0.3 is 0 Å². The van der Waals surface area contributed by atoms with Gasteiger partial charge < -0.3 is 16.0 Å². The van der Waals surface area contributed by atoms with Crippen LogP contribution < -0.4 is 16.0 Å². The van der Waals surface area contributed by atoms with Gasteiger partial charge in [0.05, 0.1) is 0 Å². The fourth-order valence-electron chi connectivity index (χ4n) is 3.71. The van der Waals surface area contributed by atoms with E-state index in [9.17, 15) is 0 Å². The van der Waals surface area contributed by atoms with Crippen molar-refractivity contribution in [1.29, 1.82) is 0 Å². The summed E-state index contributed by atoms with van der Waals surface area (Å²) in [6, 6.07) is 14.9. The molecule has 1 aromatic heterocycles. The first-order chi connectivity index (χ1) is 14.4. The lowest BCUT2D eigenvalue weighted by molar-refractivity contribution is 0.263. The Kier molecular flexibility index (Phi) is 9.98. The topological polar surface area (TPSA) is 52.2 Å². The van der Waals surface area contributed by atoms with Gasteiger partial charge in [-0.2, -0.15) is 0 Å². The molecule has 3 N–H and O–H groups in total. The van der Waals surface area contributed by atoms with Gasteiger partial charge in [-0.25, -0.2) is 4.98 Å². The molecule has 2 aromatic rings. The van der Waals surface area contributed by atoms with Crippen molar-refractivity contribution in [1.82, 2.24) is 20.5 Å². The van der Waals surface area contributed by atoms with Gasteiger partial charge in [-0.15, -0.1) is 0 Å². The SMILES string of the molecule is c1ccc(NCc2ccc(CN3CCNCCCCCCCNCC3)cc2)nc1. The first kappa shape index (κ1) is 21.8. The van der Waals surface area contributed by atoms with Gasteiger partial charge in [0, 0.05) is 45.5 Å². The molecule has 0 radical (unpaired) electrons. The number of nitrogens with one attached hydrogen (secondary N) is 3. The number of benzene rings is 1. The zero-order chi connectivity index (χ0) is 20.0. The Morgan fingerprint density at radius 1 is 0.759 bits per heavy atom. The lowest BCUT2D eigenvalue weighted by Crippen LogP contribution is -2.37. The summed E-state index contributed by atoms with van der Waals surface area (Å²) in [6.07, 6.45) is 8.53. The van der Waals surface area contributed by atoms with Crippen LogP contribution in [0.4, 0.5) is 5.82 Å². The van der Waals surface area contributed by atoms with Crippen molar-refractivity contribution >= 4 is 5.82 Å². The van der Waals surface area contributed by atoms with Gasteiger partial charge in [-0.1, -0.05) is 49.6 Å². The summed E-state index contributed by atoms with van der Waals surface area (Å²) >= 11 is 0. The molecule has 0 atom stereocenters. The molecule has 1 saturated heterocycles. The molecule has 0 saturated carbocycles. The van der Waals surface area contributed by atoms with Gasteiger partial charge in [0.25, 0.3) is 0 Å². The normalized spacial score (nSPS) is 18.1. The molecule has 1 aliphatic heterocycles. The van der Waals surface area contributed by atoms with Gasteiger partial charge in [0.1, 0.15) is 5.82 Å². The van der Waals surface area contributed by atoms with Crippen LogP contribution in [0.5, 0.6) is 0 Å². The Morgan fingerprint density at radius 3 is 2.07 bits per heavy atom. The predicted molar refractivity (Wildman–Crippen MR) is 122 cm³/mol. The minimum atomic E-state index is 0.800. The van der Waals surface area contributed by atoms with Crippen molar-refractivity contribution in [3.63, 3.8) is 0 Å². The average Bonchev–Trinajstić information content (AvgIpc) is 2.76. The highest BCUT2D eigenvalue weighted by Gasteiger charge is 2.07. The van der Waals surface area contributed by atoms with E-state index in [1.807, 2.05) is 24.4 Å². The van der Waals surface area contributed by atoms with E-state index in [1.165, 1.54) is 43.2 Å². The van der Waals surface area contributed by atoms with E-state index in [1.54, 1.807) is 0 Å². The summed E-state index contributed by atoms with van der Waals surface area (Å²) in [6.45, 7) is 8.48. The van der Waals surface area contributed by atoms with Gasteiger partial charge in [-0.3, -0.25) is 4.90 Å². The molecule has 0 amide bonds. The number of nitrogens with zero attached hydrogens (tertiary/aromatic N) is 2. The van der Waals surface area contributed by atoms with Crippen molar-refractivity contribution in [3.05, 3.63) is 59.8 Å². The first-order valence-corrected chi connectivity index (χ1v) is 11.3. The molecule has 29 heavy (non-hydrogen) atoms. The Bertz CT molecular complexity index is 645. The molecule has 5 heteroatoms. The smallest absolute Gasteiger partial charge is 0.126 e. The van der Waals surface area contributed by atoms with E-state index in [4.69, 9.17) is 0 Å².